The monoisotopic (exact) mass is 442 g/mol. The van der Waals surface area contributed by atoms with Crippen molar-refractivity contribution in [3.05, 3.63) is 47.8 Å². The average molecular weight is 442 g/mol. The minimum absolute atomic E-state index is 0. The van der Waals surface area contributed by atoms with Gasteiger partial charge in [-0.05, 0) is 38.2 Å². The molecule has 6 nitrogen and oxygen atoms in total. The minimum Gasteiger partial charge on any atom is -0.370 e. The molecule has 1 heterocycles. The topological polar surface area (TPSA) is 71.5 Å². The fourth-order valence-electron chi connectivity index (χ4n) is 2.38. The van der Waals surface area contributed by atoms with Crippen LogP contribution in [0.5, 0.6) is 0 Å². The summed E-state index contributed by atoms with van der Waals surface area (Å²) in [6, 6.07) is 8.37. The molecule has 3 N–H and O–H groups in total. The largest absolute Gasteiger partial charge is 0.370 e. The second-order valence-electron chi connectivity index (χ2n) is 5.83. The SMILES string of the molecule is CCc1ccc(NC(N)=NCC(c2cnn(C)c2)N(C)C)cc1.I. The number of likely N-dealkylation sites (N-methyl/N-ethyl adjacent to an activating group) is 1. The summed E-state index contributed by atoms with van der Waals surface area (Å²) < 4.78 is 1.80. The van der Waals surface area contributed by atoms with E-state index in [2.05, 4.69) is 39.4 Å². The third-order valence-corrected chi connectivity index (χ3v) is 3.80. The molecule has 0 amide bonds. The molecule has 0 aliphatic carbocycles. The molecule has 0 bridgehead atoms. The van der Waals surface area contributed by atoms with E-state index in [0.29, 0.717) is 12.5 Å². The average Bonchev–Trinajstić information content (AvgIpc) is 2.94. The maximum Gasteiger partial charge on any atom is 0.193 e. The van der Waals surface area contributed by atoms with Gasteiger partial charge in [-0.15, -0.1) is 24.0 Å². The van der Waals surface area contributed by atoms with Crippen LogP contribution >= 0.6 is 24.0 Å². The summed E-state index contributed by atoms with van der Waals surface area (Å²) >= 11 is 0. The Labute approximate surface area is 161 Å². The Morgan fingerprint density at radius 3 is 2.50 bits per heavy atom. The van der Waals surface area contributed by atoms with Gasteiger partial charge in [-0.25, -0.2) is 0 Å². The van der Waals surface area contributed by atoms with Crippen LogP contribution in [0.25, 0.3) is 0 Å². The third kappa shape index (κ3) is 5.79. The van der Waals surface area contributed by atoms with E-state index in [1.807, 2.05) is 45.7 Å². The van der Waals surface area contributed by atoms with Gasteiger partial charge < -0.3 is 16.0 Å². The van der Waals surface area contributed by atoms with Crippen LogP contribution < -0.4 is 11.1 Å². The standard InChI is InChI=1S/C17H26N6.HI/c1-5-13-6-8-15(9-7-13)21-17(18)19-11-16(22(2)3)14-10-20-23(4)12-14;/h6-10,12,16H,5,11H2,1-4H3,(H3,18,19,21);1H. The van der Waals surface area contributed by atoms with Gasteiger partial charge in [0.2, 0.25) is 0 Å². The smallest absolute Gasteiger partial charge is 0.193 e. The Hall–Kier alpha value is -1.61. The molecule has 0 spiro atoms. The van der Waals surface area contributed by atoms with Crippen LogP contribution in [0.4, 0.5) is 5.69 Å². The molecule has 0 saturated carbocycles. The maximum absolute atomic E-state index is 6.01. The Bertz CT molecular complexity index is 647. The zero-order chi connectivity index (χ0) is 16.8. The van der Waals surface area contributed by atoms with E-state index in [-0.39, 0.29) is 30.0 Å². The van der Waals surface area contributed by atoms with E-state index in [4.69, 9.17) is 5.73 Å². The van der Waals surface area contributed by atoms with Crippen molar-refractivity contribution in [3.8, 4) is 0 Å². The number of benzene rings is 1. The quantitative estimate of drug-likeness (QED) is 0.410. The predicted octanol–water partition coefficient (Wildman–Crippen LogP) is 2.63. The van der Waals surface area contributed by atoms with Crippen LogP contribution in [0, 0.1) is 0 Å². The Balaban J connectivity index is 0.00000288. The number of guanidine groups is 1. The van der Waals surface area contributed by atoms with Crippen molar-refractivity contribution in [2.24, 2.45) is 17.8 Å². The number of hydrogen-bond acceptors (Lipinski definition) is 3. The first kappa shape index (κ1) is 20.4. The molecule has 1 aromatic carbocycles. The van der Waals surface area contributed by atoms with Gasteiger partial charge in [0.25, 0.3) is 0 Å². The summed E-state index contributed by atoms with van der Waals surface area (Å²) in [5.74, 6) is 0.421. The molecule has 132 valence electrons. The Kier molecular flexibility index (Phi) is 8.20. The molecule has 2 rings (SSSR count). The highest BCUT2D eigenvalue weighted by atomic mass is 127. The number of anilines is 1. The van der Waals surface area contributed by atoms with Gasteiger partial charge >= 0.3 is 0 Å². The molecular weight excluding hydrogens is 415 g/mol. The van der Waals surface area contributed by atoms with Crippen molar-refractivity contribution in [2.45, 2.75) is 19.4 Å². The number of halogens is 1. The molecule has 0 aliphatic rings. The molecule has 1 atom stereocenters. The fourth-order valence-corrected chi connectivity index (χ4v) is 2.38. The van der Waals surface area contributed by atoms with Gasteiger partial charge in [0.1, 0.15) is 0 Å². The summed E-state index contributed by atoms with van der Waals surface area (Å²) in [6.45, 7) is 2.71. The first-order chi connectivity index (χ1) is 11.0. The Morgan fingerprint density at radius 1 is 1.33 bits per heavy atom. The first-order valence-corrected chi connectivity index (χ1v) is 7.80. The third-order valence-electron chi connectivity index (χ3n) is 3.80. The predicted molar refractivity (Wildman–Crippen MR) is 111 cm³/mol. The summed E-state index contributed by atoms with van der Waals surface area (Å²) in [7, 11) is 5.97. The molecule has 0 fully saturated rings. The normalized spacial score (nSPS) is 12.8. The fraction of sp³-hybridized carbons (Fsp3) is 0.412. The Morgan fingerprint density at radius 2 is 2.00 bits per heavy atom. The number of hydrogen-bond donors (Lipinski definition) is 2. The van der Waals surface area contributed by atoms with Gasteiger partial charge in [0, 0.05) is 24.5 Å². The highest BCUT2D eigenvalue weighted by Crippen LogP contribution is 2.17. The van der Waals surface area contributed by atoms with Gasteiger partial charge in [-0.2, -0.15) is 5.10 Å². The molecule has 1 aromatic heterocycles. The second kappa shape index (κ2) is 9.63. The van der Waals surface area contributed by atoms with E-state index < -0.39 is 0 Å². The van der Waals surface area contributed by atoms with Crippen LogP contribution in [-0.2, 0) is 13.5 Å². The van der Waals surface area contributed by atoms with E-state index >= 15 is 0 Å². The number of nitrogens with two attached hydrogens (primary N) is 1. The lowest BCUT2D eigenvalue weighted by atomic mass is 10.1. The molecule has 24 heavy (non-hydrogen) atoms. The second-order valence-corrected chi connectivity index (χ2v) is 5.83. The molecule has 7 heteroatoms. The lowest BCUT2D eigenvalue weighted by molar-refractivity contribution is 0.306. The molecular formula is C17H27IN6. The van der Waals surface area contributed by atoms with Crippen LogP contribution in [0.3, 0.4) is 0 Å². The lowest BCUT2D eigenvalue weighted by Crippen LogP contribution is -2.27. The highest BCUT2D eigenvalue weighted by molar-refractivity contribution is 14.0. The van der Waals surface area contributed by atoms with E-state index in [1.165, 1.54) is 5.56 Å². The molecule has 2 aromatic rings. The van der Waals surface area contributed by atoms with Crippen LogP contribution in [0.1, 0.15) is 24.1 Å². The molecule has 0 aliphatic heterocycles. The van der Waals surface area contributed by atoms with Crippen molar-refractivity contribution >= 4 is 35.6 Å². The number of nitrogens with one attached hydrogen (secondary N) is 1. The number of aryl methyl sites for hydroxylation is 2. The van der Waals surface area contributed by atoms with Crippen LogP contribution in [0.15, 0.2) is 41.7 Å². The zero-order valence-corrected chi connectivity index (χ0v) is 17.1. The van der Waals surface area contributed by atoms with Crippen LogP contribution in [-0.4, -0.2) is 41.3 Å². The number of aliphatic imine (C=N–C) groups is 1. The number of aromatic nitrogens is 2. The van der Waals surface area contributed by atoms with Gasteiger partial charge in [-0.1, -0.05) is 19.1 Å². The van der Waals surface area contributed by atoms with Crippen molar-refractivity contribution in [1.29, 1.82) is 0 Å². The summed E-state index contributed by atoms with van der Waals surface area (Å²) in [5, 5.41) is 7.36. The summed E-state index contributed by atoms with van der Waals surface area (Å²) in [5.41, 5.74) is 9.39. The van der Waals surface area contributed by atoms with Crippen LogP contribution in [0.2, 0.25) is 0 Å². The molecule has 0 saturated heterocycles. The van der Waals surface area contributed by atoms with Crippen molar-refractivity contribution < 1.29 is 0 Å². The number of rotatable bonds is 6. The van der Waals surface area contributed by atoms with E-state index in [9.17, 15) is 0 Å². The first-order valence-electron chi connectivity index (χ1n) is 7.80. The van der Waals surface area contributed by atoms with Crippen molar-refractivity contribution in [2.75, 3.05) is 26.0 Å². The lowest BCUT2D eigenvalue weighted by Gasteiger charge is -2.21. The summed E-state index contributed by atoms with van der Waals surface area (Å²) in [4.78, 5) is 6.59. The van der Waals surface area contributed by atoms with Crippen molar-refractivity contribution in [1.82, 2.24) is 14.7 Å². The minimum atomic E-state index is 0. The van der Waals surface area contributed by atoms with E-state index in [1.54, 1.807) is 4.68 Å². The summed E-state index contributed by atoms with van der Waals surface area (Å²) in [6.07, 6.45) is 4.90. The van der Waals surface area contributed by atoms with E-state index in [0.717, 1.165) is 17.7 Å². The van der Waals surface area contributed by atoms with Gasteiger partial charge in [0.05, 0.1) is 18.8 Å². The zero-order valence-electron chi connectivity index (χ0n) is 14.7. The molecule has 1 unspecified atom stereocenters. The van der Waals surface area contributed by atoms with Gasteiger partial charge in [-0.3, -0.25) is 9.67 Å². The maximum atomic E-state index is 6.01. The number of nitrogens with zero attached hydrogens (tertiary/aromatic N) is 4. The van der Waals surface area contributed by atoms with Crippen molar-refractivity contribution in [3.63, 3.8) is 0 Å². The molecule has 0 radical (unpaired) electrons. The highest BCUT2D eigenvalue weighted by Gasteiger charge is 2.15. The van der Waals surface area contributed by atoms with Gasteiger partial charge in [0.15, 0.2) is 5.96 Å².